The van der Waals surface area contributed by atoms with Crippen molar-refractivity contribution in [1.82, 2.24) is 4.90 Å². The van der Waals surface area contributed by atoms with Crippen molar-refractivity contribution in [1.29, 1.82) is 5.26 Å². The van der Waals surface area contributed by atoms with Crippen molar-refractivity contribution >= 4 is 5.97 Å². The van der Waals surface area contributed by atoms with Gasteiger partial charge in [0.15, 0.2) is 0 Å². The maximum Gasteiger partial charge on any atom is 0.339 e. The number of nitriles is 1. The molecule has 1 aliphatic heterocycles. The molecule has 14 heavy (non-hydrogen) atoms. The van der Waals surface area contributed by atoms with Crippen molar-refractivity contribution in [3.8, 4) is 6.07 Å². The van der Waals surface area contributed by atoms with E-state index in [4.69, 9.17) is 10.4 Å². The minimum atomic E-state index is -1.36. The van der Waals surface area contributed by atoms with Crippen LogP contribution in [-0.2, 0) is 4.79 Å². The predicted octanol–water partition coefficient (Wildman–Crippen LogP) is 1.01. The molecule has 1 aliphatic rings. The van der Waals surface area contributed by atoms with E-state index in [1.807, 2.05) is 19.1 Å². The molecule has 0 radical (unpaired) electrons. The third-order valence-electron chi connectivity index (χ3n) is 2.78. The lowest BCUT2D eigenvalue weighted by molar-refractivity contribution is -0.147. The smallest absolute Gasteiger partial charge is 0.339 e. The highest BCUT2D eigenvalue weighted by atomic mass is 16.4. The number of carboxylic acids is 1. The first-order valence-electron chi connectivity index (χ1n) is 4.60. The second kappa shape index (κ2) is 3.81. The lowest BCUT2D eigenvalue weighted by atomic mass is 9.86. The fourth-order valence-corrected chi connectivity index (χ4v) is 1.64. The van der Waals surface area contributed by atoms with E-state index in [2.05, 4.69) is 0 Å². The molecule has 1 N–H and O–H groups in total. The van der Waals surface area contributed by atoms with Crippen LogP contribution in [0.15, 0.2) is 11.6 Å². The van der Waals surface area contributed by atoms with Gasteiger partial charge in [0.2, 0.25) is 5.54 Å². The van der Waals surface area contributed by atoms with Crippen molar-refractivity contribution < 1.29 is 9.90 Å². The average Bonchev–Trinajstić information content (AvgIpc) is 2.18. The Morgan fingerprint density at radius 3 is 2.93 bits per heavy atom. The van der Waals surface area contributed by atoms with Crippen LogP contribution >= 0.6 is 0 Å². The fourth-order valence-electron chi connectivity index (χ4n) is 1.64. The molecule has 0 spiro atoms. The van der Waals surface area contributed by atoms with Gasteiger partial charge in [-0.1, -0.05) is 18.6 Å². The summed E-state index contributed by atoms with van der Waals surface area (Å²) in [6.45, 7) is 2.50. The van der Waals surface area contributed by atoms with Gasteiger partial charge < -0.3 is 5.11 Å². The summed E-state index contributed by atoms with van der Waals surface area (Å²) < 4.78 is 0. The Kier molecular flexibility index (Phi) is 2.92. The Morgan fingerprint density at radius 2 is 2.50 bits per heavy atom. The van der Waals surface area contributed by atoms with E-state index in [1.54, 1.807) is 11.9 Å². The summed E-state index contributed by atoms with van der Waals surface area (Å²) in [6.07, 6.45) is 3.12. The molecule has 1 heterocycles. The molecule has 0 aromatic carbocycles. The number of carbonyl (C=O) groups is 1. The molecule has 1 rings (SSSR count). The highest BCUT2D eigenvalue weighted by Gasteiger charge is 2.44. The molecule has 0 bridgehead atoms. The van der Waals surface area contributed by atoms with Crippen LogP contribution in [0, 0.1) is 11.3 Å². The second-order valence-electron chi connectivity index (χ2n) is 3.55. The summed E-state index contributed by atoms with van der Waals surface area (Å²) in [5.74, 6) is -1.05. The Labute approximate surface area is 83.4 Å². The molecule has 0 aliphatic carbocycles. The minimum Gasteiger partial charge on any atom is -0.479 e. The first-order chi connectivity index (χ1) is 6.56. The van der Waals surface area contributed by atoms with Gasteiger partial charge in [-0.15, -0.1) is 0 Å². The van der Waals surface area contributed by atoms with Crippen LogP contribution in [0.3, 0.4) is 0 Å². The topological polar surface area (TPSA) is 64.3 Å². The molecule has 4 nitrogen and oxygen atoms in total. The third kappa shape index (κ3) is 1.51. The number of carboxylic acid groups (broad SMARTS) is 1. The number of rotatable bonds is 2. The van der Waals surface area contributed by atoms with Crippen molar-refractivity contribution in [2.45, 2.75) is 25.3 Å². The Balaban J connectivity index is 3.04. The van der Waals surface area contributed by atoms with E-state index in [1.165, 1.54) is 0 Å². The molecule has 1 unspecified atom stereocenters. The van der Waals surface area contributed by atoms with Crippen LogP contribution in [0.2, 0.25) is 0 Å². The van der Waals surface area contributed by atoms with Gasteiger partial charge in [-0.25, -0.2) is 4.79 Å². The number of aliphatic carboxylic acids is 1. The maximum atomic E-state index is 11.1. The van der Waals surface area contributed by atoms with E-state index in [0.717, 1.165) is 12.0 Å². The summed E-state index contributed by atoms with van der Waals surface area (Å²) in [6, 6.07) is 1.92. The second-order valence-corrected chi connectivity index (χ2v) is 3.55. The van der Waals surface area contributed by atoms with E-state index in [-0.39, 0.29) is 0 Å². The minimum absolute atomic E-state index is 0.311. The fraction of sp³-hybridized carbons (Fsp3) is 0.600. The lowest BCUT2D eigenvalue weighted by Gasteiger charge is -2.35. The third-order valence-corrected chi connectivity index (χ3v) is 2.78. The predicted molar refractivity (Wildman–Crippen MR) is 51.6 cm³/mol. The van der Waals surface area contributed by atoms with Gasteiger partial charge in [0.05, 0.1) is 6.07 Å². The molecule has 1 atom stereocenters. The van der Waals surface area contributed by atoms with Gasteiger partial charge in [-0.2, -0.15) is 5.26 Å². The van der Waals surface area contributed by atoms with Crippen LogP contribution in [0.25, 0.3) is 0 Å². The molecular formula is C10H14N2O2. The monoisotopic (exact) mass is 194 g/mol. The molecular weight excluding hydrogens is 180 g/mol. The molecule has 0 saturated heterocycles. The van der Waals surface area contributed by atoms with Gasteiger partial charge in [0.25, 0.3) is 0 Å². The standard InChI is InChI=1S/C10H14N2O2/c1-3-8-4-5-12(2)10(6-8,7-11)9(13)14/h4H,3,5-6H2,1-2H3,(H,13,14). The zero-order valence-corrected chi connectivity index (χ0v) is 8.45. The van der Waals surface area contributed by atoms with Gasteiger partial charge in [-0.05, 0) is 13.5 Å². The average molecular weight is 194 g/mol. The molecule has 0 aromatic heterocycles. The van der Waals surface area contributed by atoms with Crippen LogP contribution < -0.4 is 0 Å². The number of likely N-dealkylation sites (N-methyl/N-ethyl adjacent to an activating group) is 1. The van der Waals surface area contributed by atoms with Crippen molar-refractivity contribution in [2.75, 3.05) is 13.6 Å². The first-order valence-corrected chi connectivity index (χ1v) is 4.60. The van der Waals surface area contributed by atoms with E-state index in [9.17, 15) is 4.79 Å². The molecule has 0 aromatic rings. The van der Waals surface area contributed by atoms with E-state index in [0.29, 0.717) is 13.0 Å². The summed E-state index contributed by atoms with van der Waals surface area (Å²) in [7, 11) is 1.67. The maximum absolute atomic E-state index is 11.1. The number of nitrogens with zero attached hydrogens (tertiary/aromatic N) is 2. The van der Waals surface area contributed by atoms with E-state index < -0.39 is 11.5 Å². The van der Waals surface area contributed by atoms with Gasteiger partial charge in [0, 0.05) is 13.0 Å². The zero-order chi connectivity index (χ0) is 10.8. The molecule has 0 amide bonds. The number of hydrogen-bond donors (Lipinski definition) is 1. The van der Waals surface area contributed by atoms with Gasteiger partial charge in [0.1, 0.15) is 0 Å². The Hall–Kier alpha value is -1.34. The SMILES string of the molecule is CCC1=CCN(C)C(C#N)(C(=O)O)C1. The highest BCUT2D eigenvalue weighted by molar-refractivity contribution is 5.83. The summed E-state index contributed by atoms with van der Waals surface area (Å²) in [4.78, 5) is 12.7. The molecule has 76 valence electrons. The van der Waals surface area contributed by atoms with Crippen molar-refractivity contribution in [3.05, 3.63) is 11.6 Å². The summed E-state index contributed by atoms with van der Waals surface area (Å²) >= 11 is 0. The Morgan fingerprint density at radius 1 is 1.86 bits per heavy atom. The number of hydrogen-bond acceptors (Lipinski definition) is 3. The molecule has 0 saturated carbocycles. The van der Waals surface area contributed by atoms with Crippen molar-refractivity contribution in [2.24, 2.45) is 0 Å². The first kappa shape index (κ1) is 10.7. The van der Waals surface area contributed by atoms with Crippen LogP contribution in [0.4, 0.5) is 0 Å². The van der Waals surface area contributed by atoms with Crippen LogP contribution in [0.1, 0.15) is 19.8 Å². The largest absolute Gasteiger partial charge is 0.479 e. The van der Waals surface area contributed by atoms with E-state index >= 15 is 0 Å². The van der Waals surface area contributed by atoms with Crippen molar-refractivity contribution in [3.63, 3.8) is 0 Å². The lowest BCUT2D eigenvalue weighted by Crippen LogP contribution is -2.54. The van der Waals surface area contributed by atoms with Gasteiger partial charge in [-0.3, -0.25) is 4.90 Å². The normalized spacial score (nSPS) is 27.9. The Bertz CT molecular complexity index is 317. The van der Waals surface area contributed by atoms with Crippen LogP contribution in [-0.4, -0.2) is 35.1 Å². The van der Waals surface area contributed by atoms with Gasteiger partial charge >= 0.3 is 5.97 Å². The zero-order valence-electron chi connectivity index (χ0n) is 8.45. The highest BCUT2D eigenvalue weighted by Crippen LogP contribution is 2.28. The van der Waals surface area contributed by atoms with Crippen LogP contribution in [0.5, 0.6) is 0 Å². The summed E-state index contributed by atoms with van der Waals surface area (Å²) in [5, 5.41) is 18.1. The molecule has 4 heteroatoms. The summed E-state index contributed by atoms with van der Waals surface area (Å²) in [5.41, 5.74) is -0.313. The molecule has 0 fully saturated rings. The quantitative estimate of drug-likeness (QED) is 0.666.